The number of rotatable bonds is 5. The van der Waals surface area contributed by atoms with Gasteiger partial charge in [-0.25, -0.2) is 9.78 Å². The second-order valence-electron chi connectivity index (χ2n) is 6.22. The summed E-state index contributed by atoms with van der Waals surface area (Å²) in [4.78, 5) is 19.7. The molecule has 4 aromatic rings. The minimum atomic E-state index is -0.382. The van der Waals surface area contributed by atoms with Gasteiger partial charge in [0.1, 0.15) is 18.2 Å². The van der Waals surface area contributed by atoms with Crippen molar-refractivity contribution in [2.75, 3.05) is 7.11 Å². The summed E-state index contributed by atoms with van der Waals surface area (Å²) in [6, 6.07) is 21.0. The number of esters is 1. The summed E-state index contributed by atoms with van der Waals surface area (Å²) in [5.74, 6) is 1.01. The van der Waals surface area contributed by atoms with Crippen LogP contribution in [0.4, 0.5) is 0 Å². The number of carbonyl (C=O) groups excluding carboxylic acids is 1. The zero-order chi connectivity index (χ0) is 19.5. The molecule has 1 aromatic heterocycles. The lowest BCUT2D eigenvalue weighted by atomic mass is 10.2. The highest BCUT2D eigenvalue weighted by molar-refractivity contribution is 9.10. The predicted molar refractivity (Wildman–Crippen MR) is 111 cm³/mol. The number of carbonyl (C=O) groups is 1. The first kappa shape index (κ1) is 18.3. The van der Waals surface area contributed by atoms with Crippen molar-refractivity contribution in [1.82, 2.24) is 9.97 Å². The average molecular weight is 437 g/mol. The van der Waals surface area contributed by atoms with Crippen LogP contribution < -0.4 is 4.74 Å². The van der Waals surface area contributed by atoms with Crippen molar-refractivity contribution < 1.29 is 14.3 Å². The molecular formula is C22H17BrN2O3. The molecule has 5 nitrogen and oxygen atoms in total. The Kier molecular flexibility index (Phi) is 5.12. The maximum atomic E-state index is 11.8. The van der Waals surface area contributed by atoms with Gasteiger partial charge in [0.05, 0.1) is 29.3 Å². The lowest BCUT2D eigenvalue weighted by molar-refractivity contribution is 0.0601. The number of nitrogens with zero attached hydrogens (tertiary/aromatic N) is 1. The van der Waals surface area contributed by atoms with Crippen LogP contribution in [0.1, 0.15) is 15.9 Å². The molecular weight excluding hydrogens is 420 g/mol. The van der Waals surface area contributed by atoms with Gasteiger partial charge in [0.2, 0.25) is 0 Å². The summed E-state index contributed by atoms with van der Waals surface area (Å²) in [5.41, 5.74) is 3.91. The fourth-order valence-corrected chi connectivity index (χ4v) is 3.29. The molecule has 0 radical (unpaired) electrons. The standard InChI is InChI=1S/C22H17BrN2O3/c1-27-22(26)15-7-9-18-19(11-15)25-21(24-18)17-12-16(23)8-10-20(17)28-13-14-5-3-2-4-6-14/h2-12H,13H2,1H3,(H,24,25). The van der Waals surface area contributed by atoms with Crippen molar-refractivity contribution in [2.45, 2.75) is 6.61 Å². The number of aromatic amines is 1. The van der Waals surface area contributed by atoms with Crippen LogP contribution in [0.5, 0.6) is 5.75 Å². The van der Waals surface area contributed by atoms with Crippen LogP contribution in [0.25, 0.3) is 22.4 Å². The van der Waals surface area contributed by atoms with E-state index >= 15 is 0 Å². The van der Waals surface area contributed by atoms with E-state index in [1.54, 1.807) is 18.2 Å². The van der Waals surface area contributed by atoms with Crippen LogP contribution in [0, 0.1) is 0 Å². The highest BCUT2D eigenvalue weighted by Gasteiger charge is 2.14. The van der Waals surface area contributed by atoms with Crippen LogP contribution in [0.15, 0.2) is 71.2 Å². The SMILES string of the molecule is COC(=O)c1ccc2nc(-c3cc(Br)ccc3OCc3ccccc3)[nH]c2c1. The fraction of sp³-hybridized carbons (Fsp3) is 0.0909. The summed E-state index contributed by atoms with van der Waals surface area (Å²) in [6.45, 7) is 0.461. The zero-order valence-corrected chi connectivity index (χ0v) is 16.7. The predicted octanol–water partition coefficient (Wildman–Crippen LogP) is 5.36. The molecule has 4 rings (SSSR count). The molecule has 0 saturated carbocycles. The quantitative estimate of drug-likeness (QED) is 0.427. The smallest absolute Gasteiger partial charge is 0.337 e. The zero-order valence-electron chi connectivity index (χ0n) is 15.1. The molecule has 0 aliphatic heterocycles. The van der Waals surface area contributed by atoms with Crippen molar-refractivity contribution in [3.8, 4) is 17.1 Å². The Bertz CT molecular complexity index is 1140. The summed E-state index contributed by atoms with van der Waals surface area (Å²) >= 11 is 3.52. The number of hydrogen-bond donors (Lipinski definition) is 1. The van der Waals surface area contributed by atoms with E-state index in [1.165, 1.54) is 7.11 Å². The number of fused-ring (bicyclic) bond motifs is 1. The Morgan fingerprint density at radius 1 is 1.07 bits per heavy atom. The van der Waals surface area contributed by atoms with E-state index in [9.17, 15) is 4.79 Å². The molecule has 0 unspecified atom stereocenters. The second kappa shape index (κ2) is 7.86. The molecule has 0 spiro atoms. The summed E-state index contributed by atoms with van der Waals surface area (Å²) < 4.78 is 11.8. The molecule has 0 aliphatic carbocycles. The van der Waals surface area contributed by atoms with Gasteiger partial charge in [0.25, 0.3) is 0 Å². The third-order valence-electron chi connectivity index (χ3n) is 4.34. The molecule has 0 amide bonds. The number of aromatic nitrogens is 2. The molecule has 1 heterocycles. The van der Waals surface area contributed by atoms with Gasteiger partial charge in [-0.2, -0.15) is 0 Å². The Balaban J connectivity index is 1.69. The van der Waals surface area contributed by atoms with E-state index in [-0.39, 0.29) is 5.97 Å². The van der Waals surface area contributed by atoms with Crippen LogP contribution >= 0.6 is 15.9 Å². The Labute approximate surface area is 170 Å². The third-order valence-corrected chi connectivity index (χ3v) is 4.83. The van der Waals surface area contributed by atoms with E-state index < -0.39 is 0 Å². The monoisotopic (exact) mass is 436 g/mol. The van der Waals surface area contributed by atoms with Gasteiger partial charge in [0.15, 0.2) is 0 Å². The van der Waals surface area contributed by atoms with Gasteiger partial charge in [-0.15, -0.1) is 0 Å². The van der Waals surface area contributed by atoms with Crippen molar-refractivity contribution in [3.63, 3.8) is 0 Å². The first-order valence-corrected chi connectivity index (χ1v) is 9.48. The van der Waals surface area contributed by atoms with E-state index in [0.29, 0.717) is 18.0 Å². The van der Waals surface area contributed by atoms with Crippen LogP contribution in [0.3, 0.4) is 0 Å². The molecule has 0 atom stereocenters. The van der Waals surface area contributed by atoms with Crippen LogP contribution in [-0.2, 0) is 11.3 Å². The lowest BCUT2D eigenvalue weighted by Gasteiger charge is -2.11. The normalized spacial score (nSPS) is 10.8. The van der Waals surface area contributed by atoms with Gasteiger partial charge < -0.3 is 14.5 Å². The first-order valence-electron chi connectivity index (χ1n) is 8.69. The van der Waals surface area contributed by atoms with Gasteiger partial charge >= 0.3 is 5.97 Å². The van der Waals surface area contributed by atoms with Crippen molar-refractivity contribution in [1.29, 1.82) is 0 Å². The van der Waals surface area contributed by atoms with Crippen molar-refractivity contribution in [3.05, 3.63) is 82.3 Å². The topological polar surface area (TPSA) is 64.2 Å². The molecule has 3 aromatic carbocycles. The van der Waals surface area contributed by atoms with Gasteiger partial charge in [0, 0.05) is 4.47 Å². The Hall–Kier alpha value is -3.12. The highest BCUT2D eigenvalue weighted by Crippen LogP contribution is 2.33. The van der Waals surface area contributed by atoms with E-state index in [1.807, 2.05) is 48.5 Å². The van der Waals surface area contributed by atoms with E-state index in [4.69, 9.17) is 9.47 Å². The minimum absolute atomic E-state index is 0.382. The summed E-state index contributed by atoms with van der Waals surface area (Å²) in [6.07, 6.45) is 0. The number of benzene rings is 3. The average Bonchev–Trinajstić information content (AvgIpc) is 3.16. The lowest BCUT2D eigenvalue weighted by Crippen LogP contribution is -2.00. The van der Waals surface area contributed by atoms with Gasteiger partial charge in [-0.3, -0.25) is 0 Å². The summed E-state index contributed by atoms with van der Waals surface area (Å²) in [5, 5.41) is 0. The van der Waals surface area contributed by atoms with Gasteiger partial charge in [-0.05, 0) is 42.0 Å². The van der Waals surface area contributed by atoms with Gasteiger partial charge in [-0.1, -0.05) is 46.3 Å². The molecule has 0 fully saturated rings. The first-order chi connectivity index (χ1) is 13.6. The highest BCUT2D eigenvalue weighted by atomic mass is 79.9. The Morgan fingerprint density at radius 3 is 2.68 bits per heavy atom. The second-order valence-corrected chi connectivity index (χ2v) is 7.14. The number of nitrogens with one attached hydrogen (secondary N) is 1. The number of imidazole rings is 1. The number of H-pyrrole nitrogens is 1. The molecule has 0 saturated heterocycles. The van der Waals surface area contributed by atoms with Crippen LogP contribution in [0.2, 0.25) is 0 Å². The minimum Gasteiger partial charge on any atom is -0.488 e. The molecule has 28 heavy (non-hydrogen) atoms. The number of hydrogen-bond acceptors (Lipinski definition) is 4. The molecule has 0 aliphatic rings. The number of halogens is 1. The van der Waals surface area contributed by atoms with Crippen molar-refractivity contribution in [2.24, 2.45) is 0 Å². The maximum absolute atomic E-state index is 11.8. The third kappa shape index (κ3) is 3.77. The van der Waals surface area contributed by atoms with Crippen LogP contribution in [-0.4, -0.2) is 23.0 Å². The molecule has 0 bridgehead atoms. The largest absolute Gasteiger partial charge is 0.488 e. The molecule has 6 heteroatoms. The molecule has 140 valence electrons. The number of ether oxygens (including phenoxy) is 2. The fourth-order valence-electron chi connectivity index (χ4n) is 2.93. The van der Waals surface area contributed by atoms with Crippen molar-refractivity contribution >= 4 is 32.9 Å². The summed E-state index contributed by atoms with van der Waals surface area (Å²) in [7, 11) is 1.36. The molecule has 1 N–H and O–H groups in total. The number of methoxy groups -OCH3 is 1. The Morgan fingerprint density at radius 2 is 1.89 bits per heavy atom. The van der Waals surface area contributed by atoms with E-state index in [2.05, 4.69) is 25.9 Å². The maximum Gasteiger partial charge on any atom is 0.337 e. The van der Waals surface area contributed by atoms with E-state index in [0.717, 1.165) is 32.4 Å².